The van der Waals surface area contributed by atoms with Gasteiger partial charge in [0.05, 0.1) is 12.7 Å². The maximum atomic E-state index is 11.9. The number of hydrogen-bond donors (Lipinski definition) is 3. The first-order valence-electron chi connectivity index (χ1n) is 6.39. The molecule has 6 nitrogen and oxygen atoms in total. The molecule has 1 aromatic heterocycles. The Hall–Kier alpha value is -1.37. The van der Waals surface area contributed by atoms with Gasteiger partial charge in [-0.15, -0.1) is 0 Å². The fourth-order valence-electron chi connectivity index (χ4n) is 3.01. The van der Waals surface area contributed by atoms with E-state index in [0.717, 1.165) is 12.1 Å². The molecule has 3 unspecified atom stereocenters. The number of aliphatic hydroxyl groups is 1. The van der Waals surface area contributed by atoms with Crippen LogP contribution in [0.1, 0.15) is 29.5 Å². The van der Waals surface area contributed by atoms with Crippen molar-refractivity contribution >= 4 is 0 Å². The molecule has 0 aromatic carbocycles. The van der Waals surface area contributed by atoms with Gasteiger partial charge in [-0.05, 0) is 18.8 Å². The van der Waals surface area contributed by atoms with E-state index in [1.807, 2.05) is 0 Å². The molecular formula is C13H17NO5. The average Bonchev–Trinajstić information content (AvgIpc) is 2.71. The van der Waals surface area contributed by atoms with Gasteiger partial charge in [-0.25, -0.2) is 0 Å². The van der Waals surface area contributed by atoms with Crippen LogP contribution in [0.4, 0.5) is 0 Å². The fraction of sp³-hybridized carbons (Fsp3) is 0.615. The topological polar surface area (TPSA) is 91.8 Å². The third kappa shape index (κ3) is 2.05. The highest BCUT2D eigenvalue weighted by molar-refractivity contribution is 5.43. The molecule has 0 radical (unpaired) electrons. The van der Waals surface area contributed by atoms with Crippen molar-refractivity contribution in [1.29, 1.82) is 0 Å². The van der Waals surface area contributed by atoms with Gasteiger partial charge < -0.3 is 24.7 Å². The Morgan fingerprint density at radius 2 is 2.26 bits per heavy atom. The number of ether oxygens (including phenoxy) is 2. The highest BCUT2D eigenvalue weighted by atomic mass is 16.6. The summed E-state index contributed by atoms with van der Waals surface area (Å²) in [6.45, 7) is 0.704. The van der Waals surface area contributed by atoms with E-state index in [9.17, 15) is 15.0 Å². The molecule has 1 aliphatic carbocycles. The average molecular weight is 267 g/mol. The summed E-state index contributed by atoms with van der Waals surface area (Å²) in [5.41, 5.74) is 0.798. The Morgan fingerprint density at radius 3 is 3.00 bits per heavy atom. The zero-order valence-electron chi connectivity index (χ0n) is 10.7. The monoisotopic (exact) mass is 267 g/mol. The van der Waals surface area contributed by atoms with E-state index in [2.05, 4.69) is 4.98 Å². The van der Waals surface area contributed by atoms with Gasteiger partial charge in [0.1, 0.15) is 11.3 Å². The summed E-state index contributed by atoms with van der Waals surface area (Å²) < 4.78 is 10.4. The summed E-state index contributed by atoms with van der Waals surface area (Å²) in [5.74, 6) is 0.226. The molecule has 104 valence electrons. The molecule has 3 rings (SSSR count). The predicted octanol–water partition coefficient (Wildman–Crippen LogP) is 0.221. The van der Waals surface area contributed by atoms with Crippen molar-refractivity contribution in [2.45, 2.75) is 31.7 Å². The van der Waals surface area contributed by atoms with Crippen LogP contribution in [0.15, 0.2) is 4.79 Å². The number of aromatic amines is 1. The number of aromatic hydroxyl groups is 1. The van der Waals surface area contributed by atoms with Crippen LogP contribution in [0.5, 0.6) is 5.75 Å². The summed E-state index contributed by atoms with van der Waals surface area (Å²) in [6.07, 6.45) is 0.847. The molecule has 2 heterocycles. The predicted molar refractivity (Wildman–Crippen MR) is 66.0 cm³/mol. The molecular weight excluding hydrogens is 250 g/mol. The van der Waals surface area contributed by atoms with Crippen LogP contribution in [0.3, 0.4) is 0 Å². The fourth-order valence-corrected chi connectivity index (χ4v) is 3.01. The number of H-pyrrole nitrogens is 1. The summed E-state index contributed by atoms with van der Waals surface area (Å²) in [5, 5.41) is 19.9. The summed E-state index contributed by atoms with van der Waals surface area (Å²) in [4.78, 5) is 14.7. The minimum atomic E-state index is -1.42. The molecule has 19 heavy (non-hydrogen) atoms. The Kier molecular flexibility index (Phi) is 3.08. The zero-order chi connectivity index (χ0) is 13.6. The molecule has 0 amide bonds. The standard InChI is InChI=1S/C13H17NO5/c1-18-13(17)10-11(15)8-4-7-2-6(5-19-7)3-9(8)14-12(10)16/h6-7,13,17H,2-5H2,1H3,(H2,14,15,16). The van der Waals surface area contributed by atoms with Crippen LogP contribution in [0.25, 0.3) is 0 Å². The molecule has 1 aromatic rings. The van der Waals surface area contributed by atoms with E-state index < -0.39 is 11.8 Å². The SMILES string of the molecule is COC(O)c1c(O)c2c([nH]c1=O)CC1COC(C2)C1. The van der Waals surface area contributed by atoms with Crippen molar-refractivity contribution in [3.63, 3.8) is 0 Å². The number of aromatic nitrogens is 1. The van der Waals surface area contributed by atoms with Crippen LogP contribution in [0, 0.1) is 5.92 Å². The second-order valence-corrected chi connectivity index (χ2v) is 5.23. The van der Waals surface area contributed by atoms with Gasteiger partial charge in [0, 0.05) is 24.8 Å². The smallest absolute Gasteiger partial charge is 0.260 e. The first-order chi connectivity index (χ1) is 9.10. The largest absolute Gasteiger partial charge is 0.507 e. The van der Waals surface area contributed by atoms with E-state index >= 15 is 0 Å². The van der Waals surface area contributed by atoms with Crippen molar-refractivity contribution in [1.82, 2.24) is 4.98 Å². The van der Waals surface area contributed by atoms with E-state index in [-0.39, 0.29) is 17.4 Å². The molecule has 3 N–H and O–H groups in total. The van der Waals surface area contributed by atoms with Gasteiger partial charge in [0.2, 0.25) is 0 Å². The lowest BCUT2D eigenvalue weighted by atomic mass is 10.0. The third-order valence-corrected chi connectivity index (χ3v) is 3.97. The lowest BCUT2D eigenvalue weighted by molar-refractivity contribution is -0.0791. The molecule has 0 saturated carbocycles. The van der Waals surface area contributed by atoms with E-state index in [1.54, 1.807) is 0 Å². The summed E-state index contributed by atoms with van der Waals surface area (Å²) in [7, 11) is 1.28. The minimum Gasteiger partial charge on any atom is -0.507 e. The lowest BCUT2D eigenvalue weighted by Gasteiger charge is -2.18. The number of nitrogens with one attached hydrogen (secondary N) is 1. The van der Waals surface area contributed by atoms with Gasteiger partial charge in [0.25, 0.3) is 5.56 Å². The highest BCUT2D eigenvalue weighted by Crippen LogP contribution is 2.36. The van der Waals surface area contributed by atoms with Gasteiger partial charge in [-0.1, -0.05) is 0 Å². The highest BCUT2D eigenvalue weighted by Gasteiger charge is 2.34. The molecule has 6 heteroatoms. The number of fused-ring (bicyclic) bond motifs is 3. The Bertz CT molecular complexity index is 553. The van der Waals surface area contributed by atoms with Gasteiger partial charge in [-0.3, -0.25) is 4.79 Å². The maximum absolute atomic E-state index is 11.9. The van der Waals surface area contributed by atoms with Gasteiger partial charge in [-0.2, -0.15) is 0 Å². The van der Waals surface area contributed by atoms with Crippen molar-refractivity contribution in [3.8, 4) is 5.75 Å². The summed E-state index contributed by atoms with van der Waals surface area (Å²) >= 11 is 0. The Labute approximate surface area is 110 Å². The van der Waals surface area contributed by atoms with Crippen molar-refractivity contribution < 1.29 is 19.7 Å². The van der Waals surface area contributed by atoms with Crippen LogP contribution in [-0.2, 0) is 22.3 Å². The van der Waals surface area contributed by atoms with Crippen LogP contribution >= 0.6 is 0 Å². The second-order valence-electron chi connectivity index (χ2n) is 5.23. The van der Waals surface area contributed by atoms with E-state index in [4.69, 9.17) is 9.47 Å². The normalized spacial score (nSPS) is 26.8. The number of rotatable bonds is 2. The van der Waals surface area contributed by atoms with Gasteiger partial charge in [0.15, 0.2) is 6.29 Å². The van der Waals surface area contributed by atoms with Crippen LogP contribution < -0.4 is 5.56 Å². The number of aliphatic hydroxyl groups excluding tert-OH is 1. The molecule has 1 saturated heterocycles. The molecule has 3 atom stereocenters. The van der Waals surface area contributed by atoms with E-state index in [0.29, 0.717) is 30.9 Å². The molecule has 1 fully saturated rings. The van der Waals surface area contributed by atoms with Crippen LogP contribution in [0.2, 0.25) is 0 Å². The number of hydrogen-bond acceptors (Lipinski definition) is 5. The van der Waals surface area contributed by atoms with Gasteiger partial charge >= 0.3 is 0 Å². The number of methoxy groups -OCH3 is 1. The van der Waals surface area contributed by atoms with Crippen molar-refractivity contribution in [2.24, 2.45) is 5.92 Å². The first-order valence-corrected chi connectivity index (χ1v) is 6.39. The summed E-state index contributed by atoms with van der Waals surface area (Å²) in [6, 6.07) is 0. The first kappa shape index (κ1) is 12.7. The zero-order valence-corrected chi connectivity index (χ0v) is 10.7. The maximum Gasteiger partial charge on any atom is 0.260 e. The molecule has 0 spiro atoms. The van der Waals surface area contributed by atoms with Crippen molar-refractivity contribution in [2.75, 3.05) is 13.7 Å². The third-order valence-electron chi connectivity index (χ3n) is 3.97. The Morgan fingerprint density at radius 1 is 1.47 bits per heavy atom. The van der Waals surface area contributed by atoms with E-state index in [1.165, 1.54) is 7.11 Å². The molecule has 1 aliphatic heterocycles. The minimum absolute atomic E-state index is 0.0792. The van der Waals surface area contributed by atoms with Crippen molar-refractivity contribution in [3.05, 3.63) is 27.2 Å². The van der Waals surface area contributed by atoms with Crippen LogP contribution in [-0.4, -0.2) is 35.0 Å². The quantitative estimate of drug-likeness (QED) is 0.667. The Balaban J connectivity index is 2.11. The lowest BCUT2D eigenvalue weighted by Crippen LogP contribution is -2.23. The molecule has 2 bridgehead atoms. The molecule has 2 aliphatic rings. The number of pyridine rings is 1. The second kappa shape index (κ2) is 4.63.